The van der Waals surface area contributed by atoms with E-state index in [4.69, 9.17) is 10.6 Å². The number of nitrogens with two attached hydrogens (primary N) is 1. The van der Waals surface area contributed by atoms with E-state index in [0.717, 1.165) is 12.1 Å². The molecule has 2 rings (SSSR count). The largest absolute Gasteiger partial charge is 0.484 e. The van der Waals surface area contributed by atoms with E-state index in [-0.39, 0.29) is 5.75 Å². The molecule has 0 aliphatic carbocycles. The van der Waals surface area contributed by atoms with E-state index >= 15 is 0 Å². The first-order chi connectivity index (χ1) is 9.43. The monoisotopic (exact) mass is 285 g/mol. The molecule has 0 bridgehead atoms. The van der Waals surface area contributed by atoms with Crippen LogP contribution < -0.4 is 16.0 Å². The smallest absolute Gasteiger partial charge is 0.422 e. The summed E-state index contributed by atoms with van der Waals surface area (Å²) in [7, 11) is 0. The fourth-order valence-corrected chi connectivity index (χ4v) is 1.82. The van der Waals surface area contributed by atoms with Crippen LogP contribution in [0.15, 0.2) is 24.3 Å². The maximum absolute atomic E-state index is 12.1. The molecule has 0 unspecified atom stereocenters. The molecule has 0 radical (unpaired) electrons. The van der Waals surface area contributed by atoms with E-state index in [2.05, 4.69) is 10.4 Å². The number of anilines is 1. The molecular formula is C13H14F3N3O. The number of nitrogens with zero attached hydrogens (tertiary/aromatic N) is 1. The lowest BCUT2D eigenvalue weighted by atomic mass is 10.1. The molecule has 3 N–H and O–H groups in total. The van der Waals surface area contributed by atoms with Crippen LogP contribution in [0, 0.1) is 0 Å². The van der Waals surface area contributed by atoms with Gasteiger partial charge in [-0.3, -0.25) is 10.8 Å². The Morgan fingerprint density at radius 3 is 2.65 bits per heavy atom. The normalized spacial score (nSPS) is 11.7. The summed E-state index contributed by atoms with van der Waals surface area (Å²) in [4.78, 5) is 4.38. The minimum atomic E-state index is -4.37. The van der Waals surface area contributed by atoms with E-state index in [1.54, 1.807) is 12.1 Å². The Bertz CT molecular complexity index is 614. The van der Waals surface area contributed by atoms with Gasteiger partial charge in [0.2, 0.25) is 0 Å². The number of hydrogen-bond donors (Lipinski definition) is 2. The molecule has 1 aromatic carbocycles. The molecule has 0 spiro atoms. The van der Waals surface area contributed by atoms with Crippen LogP contribution in [-0.2, 0) is 6.42 Å². The number of ether oxygens (including phenoxy) is 1. The van der Waals surface area contributed by atoms with Gasteiger partial charge in [-0.1, -0.05) is 6.92 Å². The van der Waals surface area contributed by atoms with Gasteiger partial charge in [0, 0.05) is 11.1 Å². The van der Waals surface area contributed by atoms with Crippen molar-refractivity contribution >= 4 is 16.6 Å². The van der Waals surface area contributed by atoms with Crippen LogP contribution in [0.25, 0.3) is 10.9 Å². The molecule has 108 valence electrons. The Kier molecular flexibility index (Phi) is 3.99. The second-order valence-corrected chi connectivity index (χ2v) is 4.24. The summed E-state index contributed by atoms with van der Waals surface area (Å²) >= 11 is 0. The number of pyridine rings is 1. The lowest BCUT2D eigenvalue weighted by Gasteiger charge is -2.12. The number of hydrogen-bond acceptors (Lipinski definition) is 4. The van der Waals surface area contributed by atoms with Gasteiger partial charge in [0.25, 0.3) is 0 Å². The zero-order chi connectivity index (χ0) is 14.8. The average molecular weight is 285 g/mol. The molecule has 0 fully saturated rings. The zero-order valence-corrected chi connectivity index (χ0v) is 10.8. The fraction of sp³-hybridized carbons (Fsp3) is 0.308. The maximum atomic E-state index is 12.1. The molecule has 0 aliphatic heterocycles. The van der Waals surface area contributed by atoms with Crippen LogP contribution in [0.4, 0.5) is 18.9 Å². The Morgan fingerprint density at radius 1 is 1.30 bits per heavy atom. The highest BCUT2D eigenvalue weighted by Gasteiger charge is 2.28. The summed E-state index contributed by atoms with van der Waals surface area (Å²) in [5.74, 6) is 5.56. The molecule has 0 saturated carbocycles. The van der Waals surface area contributed by atoms with Crippen molar-refractivity contribution in [2.75, 3.05) is 12.0 Å². The summed E-state index contributed by atoms with van der Waals surface area (Å²) in [6.45, 7) is 0.625. The summed E-state index contributed by atoms with van der Waals surface area (Å²) < 4.78 is 41.1. The number of alkyl halides is 3. The van der Waals surface area contributed by atoms with Crippen LogP contribution >= 0.6 is 0 Å². The second kappa shape index (κ2) is 5.54. The molecule has 0 saturated heterocycles. The number of fused-ring (bicyclic) bond motifs is 1. The number of nitrogen functional groups attached to an aromatic ring is 1. The van der Waals surface area contributed by atoms with Crippen molar-refractivity contribution in [3.05, 3.63) is 30.0 Å². The first-order valence-corrected chi connectivity index (χ1v) is 6.03. The number of nitrogens with one attached hydrogen (secondary N) is 1. The summed E-state index contributed by atoms with van der Waals surface area (Å²) in [6.07, 6.45) is -3.63. The zero-order valence-electron chi connectivity index (χ0n) is 10.8. The van der Waals surface area contributed by atoms with E-state index < -0.39 is 12.8 Å². The van der Waals surface area contributed by atoms with E-state index in [1.165, 1.54) is 12.1 Å². The van der Waals surface area contributed by atoms with Gasteiger partial charge in [-0.15, -0.1) is 0 Å². The summed E-state index contributed by atoms with van der Waals surface area (Å²) in [5, 5.41) is 0.615. The predicted octanol–water partition coefficient (Wildman–Crippen LogP) is 3.02. The van der Waals surface area contributed by atoms with Crippen molar-refractivity contribution in [2.45, 2.75) is 19.5 Å². The average Bonchev–Trinajstić information content (AvgIpc) is 2.42. The highest BCUT2D eigenvalue weighted by atomic mass is 19.4. The van der Waals surface area contributed by atoms with Gasteiger partial charge in [-0.2, -0.15) is 13.2 Å². The van der Waals surface area contributed by atoms with Crippen LogP contribution in [0.3, 0.4) is 0 Å². The van der Waals surface area contributed by atoms with Gasteiger partial charge in [0.1, 0.15) is 5.75 Å². The summed E-state index contributed by atoms with van der Waals surface area (Å²) in [6, 6.07) is 6.32. The van der Waals surface area contributed by atoms with Crippen LogP contribution in [0.2, 0.25) is 0 Å². The molecule has 0 atom stereocenters. The van der Waals surface area contributed by atoms with Gasteiger partial charge in [-0.25, -0.2) is 0 Å². The van der Waals surface area contributed by atoms with Crippen molar-refractivity contribution in [2.24, 2.45) is 5.84 Å². The molecule has 7 heteroatoms. The highest BCUT2D eigenvalue weighted by Crippen LogP contribution is 2.28. The van der Waals surface area contributed by atoms with Gasteiger partial charge in [-0.05, 0) is 30.7 Å². The van der Waals surface area contributed by atoms with Crippen LogP contribution in [0.1, 0.15) is 12.6 Å². The molecule has 1 heterocycles. The van der Waals surface area contributed by atoms with Gasteiger partial charge in [0.05, 0.1) is 11.2 Å². The van der Waals surface area contributed by atoms with Gasteiger partial charge in [0.15, 0.2) is 6.61 Å². The van der Waals surface area contributed by atoms with E-state index in [9.17, 15) is 13.2 Å². The number of hydrazine groups is 1. The molecular weight excluding hydrogens is 271 g/mol. The quantitative estimate of drug-likeness (QED) is 0.669. The maximum Gasteiger partial charge on any atom is 0.422 e. The molecule has 0 aliphatic rings. The van der Waals surface area contributed by atoms with E-state index in [1.807, 2.05) is 6.92 Å². The Hall–Kier alpha value is -2.02. The van der Waals surface area contributed by atoms with Crippen LogP contribution in [0.5, 0.6) is 5.75 Å². The topological polar surface area (TPSA) is 60.2 Å². The first kappa shape index (κ1) is 14.4. The second-order valence-electron chi connectivity index (χ2n) is 4.24. The number of aromatic nitrogens is 1. The molecule has 20 heavy (non-hydrogen) atoms. The first-order valence-electron chi connectivity index (χ1n) is 6.03. The summed E-state index contributed by atoms with van der Waals surface area (Å²) in [5.41, 5.74) is 4.62. The van der Waals surface area contributed by atoms with Crippen molar-refractivity contribution in [1.29, 1.82) is 0 Å². The highest BCUT2D eigenvalue weighted by molar-refractivity contribution is 5.92. The van der Waals surface area contributed by atoms with Crippen molar-refractivity contribution in [1.82, 2.24) is 4.98 Å². The number of halogens is 3. The van der Waals surface area contributed by atoms with Crippen molar-refractivity contribution in [3.8, 4) is 5.75 Å². The number of aryl methyl sites for hydroxylation is 1. The van der Waals surface area contributed by atoms with Gasteiger partial charge < -0.3 is 10.2 Å². The minimum absolute atomic E-state index is 0.123. The lowest BCUT2D eigenvalue weighted by Crippen LogP contribution is -2.19. The molecule has 2 aromatic rings. The third-order valence-corrected chi connectivity index (χ3v) is 2.75. The number of benzene rings is 1. The third kappa shape index (κ3) is 3.30. The third-order valence-electron chi connectivity index (χ3n) is 2.75. The Labute approximate surface area is 113 Å². The lowest BCUT2D eigenvalue weighted by molar-refractivity contribution is -0.153. The van der Waals surface area contributed by atoms with Crippen molar-refractivity contribution in [3.63, 3.8) is 0 Å². The minimum Gasteiger partial charge on any atom is -0.484 e. The van der Waals surface area contributed by atoms with Crippen molar-refractivity contribution < 1.29 is 17.9 Å². The van der Waals surface area contributed by atoms with Gasteiger partial charge >= 0.3 is 6.18 Å². The fourth-order valence-electron chi connectivity index (χ4n) is 1.82. The van der Waals surface area contributed by atoms with E-state index in [0.29, 0.717) is 16.6 Å². The SMILES string of the molecule is CCc1cc(NN)c2cc(OCC(F)(F)F)ccc2n1. The Balaban J connectivity index is 2.37. The van der Waals surface area contributed by atoms with Crippen LogP contribution in [-0.4, -0.2) is 17.8 Å². The molecule has 4 nitrogen and oxygen atoms in total. The molecule has 0 amide bonds. The standard InChI is InChI=1S/C13H14F3N3O/c1-2-8-5-12(19-17)10-6-9(3-4-11(10)18-8)20-7-13(14,15)16/h3-6H,2,7,17H2,1H3,(H,18,19). The predicted molar refractivity (Wildman–Crippen MR) is 70.5 cm³/mol. The molecule has 1 aromatic heterocycles. The Morgan fingerprint density at radius 2 is 2.05 bits per heavy atom. The number of rotatable bonds is 4.